The number of nitrogens with zero attached hydrogens (tertiary/aromatic N) is 2. The lowest BCUT2D eigenvalue weighted by molar-refractivity contribution is 0.262. The molecule has 3 aromatic carbocycles. The number of aromatic nitrogens is 2. The van der Waals surface area contributed by atoms with Crippen molar-refractivity contribution in [2.75, 3.05) is 7.11 Å². The Morgan fingerprint density at radius 2 is 1.55 bits per heavy atom. The number of para-hydroxylation sites is 1. The van der Waals surface area contributed by atoms with Crippen molar-refractivity contribution in [3.05, 3.63) is 101 Å². The summed E-state index contributed by atoms with van der Waals surface area (Å²) in [6.45, 7) is 0. The van der Waals surface area contributed by atoms with Crippen LogP contribution in [-0.2, 0) is 10.1 Å². The fraction of sp³-hybridized carbons (Fsp3) is 0.0435. The zero-order valence-electron chi connectivity index (χ0n) is 16.5. The first-order valence-corrected chi connectivity index (χ1v) is 10.7. The maximum absolute atomic E-state index is 13.0. The number of hydrogen-bond acceptors (Lipinski definition) is 6. The topological polar surface area (TPSA) is 87.5 Å². The molecular formula is C23H18N2O5S. The summed E-state index contributed by atoms with van der Waals surface area (Å²) in [7, 11) is -2.67. The number of rotatable bonds is 6. The van der Waals surface area contributed by atoms with Crippen LogP contribution in [0.5, 0.6) is 5.75 Å². The van der Waals surface area contributed by atoms with Gasteiger partial charge in [0.1, 0.15) is 10.6 Å². The molecule has 4 rings (SSSR count). The van der Waals surface area contributed by atoms with Crippen LogP contribution < -0.4 is 14.6 Å². The average molecular weight is 434 g/mol. The molecule has 0 aliphatic rings. The predicted octanol–water partition coefficient (Wildman–Crippen LogP) is 3.39. The Hall–Kier alpha value is -3.91. The van der Waals surface area contributed by atoms with Crippen molar-refractivity contribution in [3.8, 4) is 5.75 Å². The summed E-state index contributed by atoms with van der Waals surface area (Å²) in [5.41, 5.74) is 0.610. The second-order valence-electron chi connectivity index (χ2n) is 6.53. The number of ether oxygens (including phenoxy) is 1. The third-order valence-corrected chi connectivity index (χ3v) is 5.70. The molecule has 1 aromatic heterocycles. The van der Waals surface area contributed by atoms with Gasteiger partial charge in [-0.15, -0.1) is 4.73 Å². The van der Waals surface area contributed by atoms with Gasteiger partial charge in [0, 0.05) is 0 Å². The van der Waals surface area contributed by atoms with E-state index in [1.54, 1.807) is 67.8 Å². The van der Waals surface area contributed by atoms with E-state index in [0.717, 1.165) is 5.56 Å². The molecule has 7 nitrogen and oxygen atoms in total. The summed E-state index contributed by atoms with van der Waals surface area (Å²) in [6.07, 6.45) is 3.22. The molecule has 0 aliphatic carbocycles. The van der Waals surface area contributed by atoms with E-state index >= 15 is 0 Å². The Bertz CT molecular complexity index is 1410. The normalized spacial score (nSPS) is 11.6. The first kappa shape index (κ1) is 20.4. The van der Waals surface area contributed by atoms with Crippen LogP contribution in [0.2, 0.25) is 0 Å². The number of hydrogen-bond donors (Lipinski definition) is 0. The highest BCUT2D eigenvalue weighted by Crippen LogP contribution is 2.16. The van der Waals surface area contributed by atoms with E-state index in [1.807, 2.05) is 12.1 Å². The van der Waals surface area contributed by atoms with Gasteiger partial charge in [-0.05, 0) is 48.0 Å². The molecule has 156 valence electrons. The molecule has 4 aromatic rings. The smallest absolute Gasteiger partial charge is 0.357 e. The molecule has 0 saturated carbocycles. The van der Waals surface area contributed by atoms with E-state index in [4.69, 9.17) is 9.02 Å². The van der Waals surface area contributed by atoms with Gasteiger partial charge in [0.15, 0.2) is 5.82 Å². The molecule has 31 heavy (non-hydrogen) atoms. The Labute approximate surface area is 178 Å². The van der Waals surface area contributed by atoms with Crippen LogP contribution in [0.15, 0.2) is 88.6 Å². The highest BCUT2D eigenvalue weighted by molar-refractivity contribution is 7.87. The highest BCUT2D eigenvalue weighted by atomic mass is 32.2. The second kappa shape index (κ2) is 8.45. The van der Waals surface area contributed by atoms with Crippen LogP contribution in [0.25, 0.3) is 23.1 Å². The van der Waals surface area contributed by atoms with Crippen molar-refractivity contribution in [2.24, 2.45) is 0 Å². The summed E-state index contributed by atoms with van der Waals surface area (Å²) in [6, 6.07) is 21.5. The van der Waals surface area contributed by atoms with Crippen molar-refractivity contribution in [1.82, 2.24) is 9.71 Å². The number of fused-ring (bicyclic) bond motifs is 1. The van der Waals surface area contributed by atoms with E-state index in [-0.39, 0.29) is 16.1 Å². The fourth-order valence-electron chi connectivity index (χ4n) is 2.93. The summed E-state index contributed by atoms with van der Waals surface area (Å²) in [5.74, 6) is 0.745. The first-order valence-electron chi connectivity index (χ1n) is 9.32. The standard InChI is InChI=1S/C23H18N2O5S/c1-29-18-14-11-17(12-15-18)13-16-22-24-21-10-6-5-9-20(21)23(26)25(22)30-31(27,28)19-7-3-2-4-8-19/h2-16H,1H3. The van der Waals surface area contributed by atoms with Crippen LogP contribution in [0.3, 0.4) is 0 Å². The van der Waals surface area contributed by atoms with E-state index in [0.29, 0.717) is 16.0 Å². The quantitative estimate of drug-likeness (QED) is 0.462. The molecule has 0 fully saturated rings. The molecule has 0 spiro atoms. The fourth-order valence-corrected chi connectivity index (χ4v) is 3.84. The lowest BCUT2D eigenvalue weighted by atomic mass is 10.2. The van der Waals surface area contributed by atoms with E-state index in [2.05, 4.69) is 4.98 Å². The minimum absolute atomic E-state index is 0.0408. The molecule has 0 amide bonds. The molecule has 0 radical (unpaired) electrons. The molecule has 0 aliphatic heterocycles. The van der Waals surface area contributed by atoms with Gasteiger partial charge in [0.05, 0.1) is 18.0 Å². The van der Waals surface area contributed by atoms with Crippen LogP contribution in [0.4, 0.5) is 0 Å². The number of methoxy groups -OCH3 is 1. The van der Waals surface area contributed by atoms with Crippen LogP contribution in [-0.4, -0.2) is 25.2 Å². The zero-order chi connectivity index (χ0) is 21.8. The minimum atomic E-state index is -4.25. The van der Waals surface area contributed by atoms with Gasteiger partial charge in [-0.25, -0.2) is 4.98 Å². The SMILES string of the molecule is COc1ccc(C=Cc2nc3ccccc3c(=O)n2OS(=O)(=O)c2ccccc2)cc1. The third-order valence-electron chi connectivity index (χ3n) is 4.51. The molecule has 0 bridgehead atoms. The summed E-state index contributed by atoms with van der Waals surface area (Å²) in [4.78, 5) is 17.4. The number of benzene rings is 3. The van der Waals surface area contributed by atoms with Crippen molar-refractivity contribution in [2.45, 2.75) is 4.90 Å². The first-order chi connectivity index (χ1) is 15.0. The summed E-state index contributed by atoms with van der Waals surface area (Å²) < 4.78 is 36.5. The molecular weight excluding hydrogens is 416 g/mol. The van der Waals surface area contributed by atoms with Gasteiger partial charge in [-0.3, -0.25) is 9.08 Å². The molecule has 1 heterocycles. The minimum Gasteiger partial charge on any atom is -0.497 e. The van der Waals surface area contributed by atoms with Gasteiger partial charge in [-0.1, -0.05) is 48.5 Å². The van der Waals surface area contributed by atoms with Gasteiger partial charge in [0.25, 0.3) is 5.56 Å². The van der Waals surface area contributed by atoms with Crippen molar-refractivity contribution in [1.29, 1.82) is 0 Å². The van der Waals surface area contributed by atoms with E-state index < -0.39 is 15.7 Å². The monoisotopic (exact) mass is 434 g/mol. The van der Waals surface area contributed by atoms with Crippen LogP contribution in [0, 0.1) is 0 Å². The second-order valence-corrected chi connectivity index (χ2v) is 8.06. The van der Waals surface area contributed by atoms with Gasteiger partial charge < -0.3 is 4.74 Å². The summed E-state index contributed by atoms with van der Waals surface area (Å²) >= 11 is 0. The van der Waals surface area contributed by atoms with Gasteiger partial charge in [-0.2, -0.15) is 8.42 Å². The van der Waals surface area contributed by atoms with Gasteiger partial charge in [0.2, 0.25) is 0 Å². The zero-order valence-corrected chi connectivity index (χ0v) is 17.3. The maximum atomic E-state index is 13.0. The Morgan fingerprint density at radius 1 is 0.871 bits per heavy atom. The lowest BCUT2D eigenvalue weighted by Gasteiger charge is -2.12. The third kappa shape index (κ3) is 4.34. The average Bonchev–Trinajstić information content (AvgIpc) is 2.80. The molecule has 0 N–H and O–H groups in total. The van der Waals surface area contributed by atoms with Crippen LogP contribution >= 0.6 is 0 Å². The van der Waals surface area contributed by atoms with Crippen LogP contribution in [0.1, 0.15) is 11.4 Å². The van der Waals surface area contributed by atoms with E-state index in [1.165, 1.54) is 18.2 Å². The van der Waals surface area contributed by atoms with Crippen molar-refractivity contribution >= 4 is 33.2 Å². The highest BCUT2D eigenvalue weighted by Gasteiger charge is 2.20. The summed E-state index contributed by atoms with van der Waals surface area (Å²) in [5, 5.41) is 0.243. The Morgan fingerprint density at radius 3 is 2.26 bits per heavy atom. The Balaban J connectivity index is 1.81. The molecule has 0 atom stereocenters. The molecule has 0 saturated heterocycles. The molecule has 0 unspecified atom stereocenters. The Kier molecular flexibility index (Phi) is 5.55. The lowest BCUT2D eigenvalue weighted by Crippen LogP contribution is -2.33. The predicted molar refractivity (Wildman–Crippen MR) is 118 cm³/mol. The van der Waals surface area contributed by atoms with Crippen molar-refractivity contribution < 1.29 is 17.4 Å². The molecule has 8 heteroatoms. The largest absolute Gasteiger partial charge is 0.497 e. The van der Waals surface area contributed by atoms with E-state index in [9.17, 15) is 13.2 Å². The van der Waals surface area contributed by atoms with Gasteiger partial charge >= 0.3 is 10.1 Å². The van der Waals surface area contributed by atoms with Crippen molar-refractivity contribution in [3.63, 3.8) is 0 Å². The maximum Gasteiger partial charge on any atom is 0.357 e.